The van der Waals surface area contributed by atoms with Crippen molar-refractivity contribution < 1.29 is 26.3 Å². The molecule has 0 radical (unpaired) electrons. The Morgan fingerprint density at radius 3 is 2.48 bits per heavy atom. The summed E-state index contributed by atoms with van der Waals surface area (Å²) >= 11 is 1.31. The van der Waals surface area contributed by atoms with E-state index in [0.717, 1.165) is 11.8 Å². The molecule has 0 saturated carbocycles. The third kappa shape index (κ3) is 5.57. The first-order valence-electron chi connectivity index (χ1n) is 9.50. The summed E-state index contributed by atoms with van der Waals surface area (Å²) in [4.78, 5) is 9.18. The van der Waals surface area contributed by atoms with Crippen LogP contribution in [0.2, 0.25) is 0 Å². The molecule has 0 fully saturated rings. The summed E-state index contributed by atoms with van der Waals surface area (Å²) in [6.45, 7) is 2.12. The van der Waals surface area contributed by atoms with Crippen LogP contribution in [0.4, 0.5) is 13.2 Å². The monoisotopic (exact) mass is 494 g/mol. The van der Waals surface area contributed by atoms with Gasteiger partial charge < -0.3 is 4.74 Å². The third-order valence-electron chi connectivity index (χ3n) is 4.59. The van der Waals surface area contributed by atoms with Crippen molar-refractivity contribution >= 4 is 21.2 Å². The molecule has 0 N–H and O–H groups in total. The lowest BCUT2D eigenvalue weighted by atomic mass is 10.2. The van der Waals surface area contributed by atoms with Crippen LogP contribution in [0.5, 0.6) is 5.75 Å². The Kier molecular flexibility index (Phi) is 5.97. The number of alkyl halides is 3. The summed E-state index contributed by atoms with van der Waals surface area (Å²) in [7, 11) is -3.32. The van der Waals surface area contributed by atoms with Gasteiger partial charge in [0, 0.05) is 17.2 Å². The highest BCUT2D eigenvalue weighted by Crippen LogP contribution is 2.30. The maximum atomic E-state index is 12.3. The Balaban J connectivity index is 1.53. The molecule has 7 nitrogen and oxygen atoms in total. The number of ether oxygens (including phenoxy) is 1. The SMILES string of the molecule is Cc1nc(-c2nc(-c3ccc(OC(F)(F)F)cc3)cs2)nn1Cc1cccc(S(C)(=O)=O)c1. The van der Waals surface area contributed by atoms with E-state index < -0.39 is 16.2 Å². The first kappa shape index (κ1) is 22.9. The van der Waals surface area contributed by atoms with Gasteiger partial charge in [0.05, 0.1) is 17.1 Å². The molecule has 4 aromatic rings. The van der Waals surface area contributed by atoms with Crippen LogP contribution < -0.4 is 4.74 Å². The molecular formula is C21H17F3N4O3S2. The lowest BCUT2D eigenvalue weighted by Gasteiger charge is -2.08. The summed E-state index contributed by atoms with van der Waals surface area (Å²) in [5.41, 5.74) is 1.96. The fraction of sp³-hybridized carbons (Fsp3) is 0.190. The predicted octanol–water partition coefficient (Wildman–Crippen LogP) is 4.73. The number of halogens is 3. The fourth-order valence-corrected chi connectivity index (χ4v) is 4.49. The summed E-state index contributed by atoms with van der Waals surface area (Å²) in [6, 6.07) is 12.1. The first-order chi connectivity index (χ1) is 15.5. The number of nitrogens with zero attached hydrogens (tertiary/aromatic N) is 4. The first-order valence-corrected chi connectivity index (χ1v) is 12.3. The van der Waals surface area contributed by atoms with E-state index in [9.17, 15) is 21.6 Å². The molecule has 0 aliphatic rings. The summed E-state index contributed by atoms with van der Waals surface area (Å²) < 4.78 is 66.1. The molecule has 2 heterocycles. The molecule has 172 valence electrons. The quantitative estimate of drug-likeness (QED) is 0.385. The summed E-state index contributed by atoms with van der Waals surface area (Å²) in [6.07, 6.45) is -3.59. The number of aromatic nitrogens is 4. The van der Waals surface area contributed by atoms with Crippen LogP contribution in [0.1, 0.15) is 11.4 Å². The molecule has 0 unspecified atom stereocenters. The molecule has 0 atom stereocenters. The van der Waals surface area contributed by atoms with Crippen molar-refractivity contribution in [2.24, 2.45) is 0 Å². The Morgan fingerprint density at radius 1 is 1.09 bits per heavy atom. The Labute approximate surface area is 191 Å². The van der Waals surface area contributed by atoms with E-state index in [0.29, 0.717) is 34.5 Å². The van der Waals surface area contributed by atoms with Gasteiger partial charge in [-0.15, -0.1) is 29.6 Å². The minimum Gasteiger partial charge on any atom is -0.406 e. The van der Waals surface area contributed by atoms with Gasteiger partial charge >= 0.3 is 6.36 Å². The lowest BCUT2D eigenvalue weighted by molar-refractivity contribution is -0.274. The number of rotatable bonds is 6. The molecule has 2 aromatic carbocycles. The zero-order valence-corrected chi connectivity index (χ0v) is 19.0. The number of benzene rings is 2. The van der Waals surface area contributed by atoms with Crippen LogP contribution in [-0.4, -0.2) is 40.8 Å². The van der Waals surface area contributed by atoms with Crippen molar-refractivity contribution in [1.82, 2.24) is 19.7 Å². The van der Waals surface area contributed by atoms with Crippen molar-refractivity contribution in [3.63, 3.8) is 0 Å². The average Bonchev–Trinajstić information content (AvgIpc) is 3.34. The largest absolute Gasteiger partial charge is 0.573 e. The number of thiazole rings is 1. The van der Waals surface area contributed by atoms with Crippen LogP contribution in [0.25, 0.3) is 22.1 Å². The van der Waals surface area contributed by atoms with Gasteiger partial charge in [0.2, 0.25) is 5.82 Å². The molecule has 33 heavy (non-hydrogen) atoms. The van der Waals surface area contributed by atoms with Gasteiger partial charge in [-0.05, 0) is 48.9 Å². The van der Waals surface area contributed by atoms with Gasteiger partial charge in [-0.1, -0.05) is 12.1 Å². The van der Waals surface area contributed by atoms with Crippen molar-refractivity contribution in [2.75, 3.05) is 6.26 Å². The normalized spacial score (nSPS) is 12.2. The van der Waals surface area contributed by atoms with Gasteiger partial charge in [-0.2, -0.15) is 0 Å². The minimum atomic E-state index is -4.75. The number of sulfone groups is 1. The fourth-order valence-electron chi connectivity index (χ4n) is 3.04. The maximum absolute atomic E-state index is 12.3. The standard InChI is InChI=1S/C21H17F3N4O3S2/c1-13-25-19(27-28(13)11-14-4-3-5-17(10-14)33(2,29)30)20-26-18(12-32-20)15-6-8-16(9-7-15)31-21(22,23)24/h3-10,12H,11H2,1-2H3. The van der Waals surface area contributed by atoms with Crippen LogP contribution >= 0.6 is 11.3 Å². The topological polar surface area (TPSA) is 87.0 Å². The highest BCUT2D eigenvalue weighted by Gasteiger charge is 2.31. The molecule has 0 aliphatic carbocycles. The second-order valence-corrected chi connectivity index (χ2v) is 10.0. The van der Waals surface area contributed by atoms with Crippen LogP contribution in [-0.2, 0) is 16.4 Å². The second kappa shape index (κ2) is 8.60. The molecule has 0 bridgehead atoms. The maximum Gasteiger partial charge on any atom is 0.573 e. The van der Waals surface area contributed by atoms with E-state index in [1.807, 2.05) is 6.07 Å². The number of aryl methyl sites for hydroxylation is 1. The smallest absolute Gasteiger partial charge is 0.406 e. The van der Waals surface area contributed by atoms with Gasteiger partial charge in [0.1, 0.15) is 11.6 Å². The summed E-state index contributed by atoms with van der Waals surface area (Å²) in [5.74, 6) is 0.720. The molecule has 0 amide bonds. The van der Waals surface area contributed by atoms with Crippen molar-refractivity contribution in [1.29, 1.82) is 0 Å². The van der Waals surface area contributed by atoms with E-state index in [4.69, 9.17) is 0 Å². The van der Waals surface area contributed by atoms with Gasteiger partial charge in [0.25, 0.3) is 0 Å². The van der Waals surface area contributed by atoms with Gasteiger partial charge in [-0.3, -0.25) is 0 Å². The second-order valence-electron chi connectivity index (χ2n) is 7.17. The van der Waals surface area contributed by atoms with Crippen LogP contribution in [0.15, 0.2) is 58.8 Å². The number of hydrogen-bond donors (Lipinski definition) is 0. The zero-order chi connectivity index (χ0) is 23.8. The van der Waals surface area contributed by atoms with E-state index in [2.05, 4.69) is 19.8 Å². The molecule has 4 rings (SSSR count). The van der Waals surface area contributed by atoms with E-state index in [1.165, 1.54) is 41.7 Å². The molecule has 0 spiro atoms. The third-order valence-corrected chi connectivity index (χ3v) is 6.54. The number of hydrogen-bond acceptors (Lipinski definition) is 7. The van der Waals surface area contributed by atoms with Crippen LogP contribution in [0, 0.1) is 6.92 Å². The van der Waals surface area contributed by atoms with Crippen molar-refractivity contribution in [3.8, 4) is 27.8 Å². The van der Waals surface area contributed by atoms with Crippen molar-refractivity contribution in [2.45, 2.75) is 24.7 Å². The molecule has 0 aliphatic heterocycles. The Morgan fingerprint density at radius 2 is 1.82 bits per heavy atom. The predicted molar refractivity (Wildman–Crippen MR) is 117 cm³/mol. The average molecular weight is 495 g/mol. The van der Waals surface area contributed by atoms with E-state index in [1.54, 1.807) is 29.1 Å². The van der Waals surface area contributed by atoms with Crippen LogP contribution in [0.3, 0.4) is 0 Å². The summed E-state index contributed by atoms with van der Waals surface area (Å²) in [5, 5.41) is 6.80. The molecule has 0 saturated heterocycles. The highest BCUT2D eigenvalue weighted by atomic mass is 32.2. The molecular weight excluding hydrogens is 477 g/mol. The van der Waals surface area contributed by atoms with Crippen molar-refractivity contribution in [3.05, 3.63) is 65.3 Å². The lowest BCUT2D eigenvalue weighted by Crippen LogP contribution is -2.16. The Bertz CT molecular complexity index is 1390. The van der Waals surface area contributed by atoms with Gasteiger partial charge in [-0.25, -0.2) is 23.1 Å². The molecule has 12 heteroatoms. The van der Waals surface area contributed by atoms with E-state index in [-0.39, 0.29) is 10.6 Å². The zero-order valence-electron chi connectivity index (χ0n) is 17.4. The Hall–Kier alpha value is -3.25. The van der Waals surface area contributed by atoms with E-state index >= 15 is 0 Å². The van der Waals surface area contributed by atoms with Gasteiger partial charge in [0.15, 0.2) is 14.8 Å². The molecule has 2 aromatic heterocycles. The minimum absolute atomic E-state index is 0.231. The highest BCUT2D eigenvalue weighted by molar-refractivity contribution is 7.90.